The van der Waals surface area contributed by atoms with Gasteiger partial charge in [-0.05, 0) is 36.7 Å². The molecule has 0 amide bonds. The number of nitrogens with one attached hydrogen (secondary N) is 1. The second kappa shape index (κ2) is 6.19. The smallest absolute Gasteiger partial charge is 0.212 e. The summed E-state index contributed by atoms with van der Waals surface area (Å²) in [6.45, 7) is 5.63. The number of pyridine rings is 1. The molecule has 1 N–H and O–H groups in total. The summed E-state index contributed by atoms with van der Waals surface area (Å²) in [5.74, 6) is 2.35. The van der Waals surface area contributed by atoms with Crippen molar-refractivity contribution in [3.63, 3.8) is 0 Å². The van der Waals surface area contributed by atoms with Crippen molar-refractivity contribution in [1.82, 2.24) is 10.3 Å². The van der Waals surface area contributed by atoms with Crippen molar-refractivity contribution < 1.29 is 4.74 Å². The highest BCUT2D eigenvalue weighted by molar-refractivity contribution is 5.17. The van der Waals surface area contributed by atoms with Crippen molar-refractivity contribution >= 4 is 0 Å². The first kappa shape index (κ1) is 13.3. The van der Waals surface area contributed by atoms with Crippen LogP contribution in [0.25, 0.3) is 0 Å². The molecule has 100 valence electrons. The maximum atomic E-state index is 5.06. The van der Waals surface area contributed by atoms with E-state index in [9.17, 15) is 0 Å². The molecule has 3 unspecified atom stereocenters. The molecule has 2 rings (SSSR count). The van der Waals surface area contributed by atoms with Gasteiger partial charge in [0.2, 0.25) is 5.88 Å². The van der Waals surface area contributed by atoms with E-state index in [1.807, 2.05) is 12.3 Å². The van der Waals surface area contributed by atoms with Gasteiger partial charge in [0, 0.05) is 24.8 Å². The van der Waals surface area contributed by atoms with Crippen LogP contribution in [-0.2, 0) is 6.54 Å². The number of nitrogens with zero attached hydrogens (tertiary/aromatic N) is 1. The van der Waals surface area contributed by atoms with Crippen LogP contribution < -0.4 is 10.1 Å². The molecule has 1 aromatic rings. The van der Waals surface area contributed by atoms with Crippen LogP contribution in [0.1, 0.15) is 38.7 Å². The number of hydrogen-bond donors (Lipinski definition) is 1. The van der Waals surface area contributed by atoms with E-state index in [0.717, 1.165) is 18.4 Å². The first-order chi connectivity index (χ1) is 8.69. The first-order valence-electron chi connectivity index (χ1n) is 6.91. The highest BCUT2D eigenvalue weighted by Gasteiger charge is 2.24. The molecule has 0 spiro atoms. The minimum atomic E-state index is 0.656. The number of aromatic nitrogens is 1. The van der Waals surface area contributed by atoms with Crippen molar-refractivity contribution in [3.05, 3.63) is 23.9 Å². The second-order valence-electron chi connectivity index (χ2n) is 5.59. The molecule has 1 aliphatic rings. The molecule has 1 aromatic heterocycles. The van der Waals surface area contributed by atoms with E-state index in [4.69, 9.17) is 4.74 Å². The Bertz CT molecular complexity index is 363. The standard InChI is InChI=1S/C15H24N2O/c1-11-4-6-14(12(2)8-11)16-9-13-5-7-15(18-3)17-10-13/h5,7,10-12,14,16H,4,6,8-9H2,1-3H3. The lowest BCUT2D eigenvalue weighted by molar-refractivity contribution is 0.227. The van der Waals surface area contributed by atoms with Gasteiger partial charge < -0.3 is 10.1 Å². The Kier molecular flexibility index (Phi) is 4.59. The summed E-state index contributed by atoms with van der Waals surface area (Å²) in [5.41, 5.74) is 1.22. The lowest BCUT2D eigenvalue weighted by Crippen LogP contribution is -2.38. The molecule has 0 saturated heterocycles. The maximum absolute atomic E-state index is 5.06. The van der Waals surface area contributed by atoms with Crippen LogP contribution in [0, 0.1) is 11.8 Å². The van der Waals surface area contributed by atoms with Crippen LogP contribution in [0.5, 0.6) is 5.88 Å². The van der Waals surface area contributed by atoms with Crippen LogP contribution in [0.4, 0.5) is 0 Å². The topological polar surface area (TPSA) is 34.1 Å². The molecule has 1 saturated carbocycles. The average molecular weight is 248 g/mol. The molecular formula is C15H24N2O. The zero-order valence-corrected chi connectivity index (χ0v) is 11.6. The third-order valence-electron chi connectivity index (χ3n) is 4.01. The van der Waals surface area contributed by atoms with E-state index >= 15 is 0 Å². The van der Waals surface area contributed by atoms with Crippen molar-refractivity contribution in [3.8, 4) is 5.88 Å². The van der Waals surface area contributed by atoms with Gasteiger partial charge in [0.15, 0.2) is 0 Å². The van der Waals surface area contributed by atoms with Gasteiger partial charge in [-0.1, -0.05) is 19.9 Å². The Morgan fingerprint density at radius 2 is 2.17 bits per heavy atom. The number of methoxy groups -OCH3 is 1. The fraction of sp³-hybridized carbons (Fsp3) is 0.667. The van der Waals surface area contributed by atoms with E-state index in [1.54, 1.807) is 7.11 Å². The molecule has 0 aliphatic heterocycles. The largest absolute Gasteiger partial charge is 0.481 e. The summed E-state index contributed by atoms with van der Waals surface area (Å²) in [7, 11) is 1.64. The maximum Gasteiger partial charge on any atom is 0.212 e. The fourth-order valence-corrected chi connectivity index (χ4v) is 2.85. The van der Waals surface area contributed by atoms with Gasteiger partial charge in [0.1, 0.15) is 0 Å². The van der Waals surface area contributed by atoms with Crippen molar-refractivity contribution in [2.75, 3.05) is 7.11 Å². The Morgan fingerprint density at radius 3 is 2.78 bits per heavy atom. The van der Waals surface area contributed by atoms with Gasteiger partial charge in [-0.3, -0.25) is 0 Å². The van der Waals surface area contributed by atoms with Crippen molar-refractivity contribution in [1.29, 1.82) is 0 Å². The van der Waals surface area contributed by atoms with E-state index in [2.05, 4.69) is 30.2 Å². The normalized spacial score (nSPS) is 28.1. The number of ether oxygens (including phenoxy) is 1. The van der Waals surface area contributed by atoms with Gasteiger partial charge in [-0.15, -0.1) is 0 Å². The van der Waals surface area contributed by atoms with Crippen LogP contribution in [0.3, 0.4) is 0 Å². The Hall–Kier alpha value is -1.09. The van der Waals surface area contributed by atoms with Crippen LogP contribution in [-0.4, -0.2) is 18.1 Å². The molecule has 3 heteroatoms. The number of hydrogen-bond acceptors (Lipinski definition) is 3. The molecule has 0 bridgehead atoms. The summed E-state index contributed by atoms with van der Waals surface area (Å²) < 4.78 is 5.06. The lowest BCUT2D eigenvalue weighted by Gasteiger charge is -2.33. The van der Waals surface area contributed by atoms with Crippen molar-refractivity contribution in [2.24, 2.45) is 11.8 Å². The summed E-state index contributed by atoms with van der Waals surface area (Å²) in [4.78, 5) is 4.23. The zero-order valence-electron chi connectivity index (χ0n) is 11.6. The summed E-state index contributed by atoms with van der Waals surface area (Å²) in [5, 5.41) is 3.66. The van der Waals surface area contributed by atoms with Gasteiger partial charge in [0.25, 0.3) is 0 Å². The molecule has 3 atom stereocenters. The Morgan fingerprint density at radius 1 is 1.33 bits per heavy atom. The minimum absolute atomic E-state index is 0.656. The molecule has 3 nitrogen and oxygen atoms in total. The van der Waals surface area contributed by atoms with Gasteiger partial charge >= 0.3 is 0 Å². The SMILES string of the molecule is COc1ccc(CNC2CCC(C)CC2C)cn1. The van der Waals surface area contributed by atoms with Crippen molar-refractivity contribution in [2.45, 2.75) is 45.7 Å². The summed E-state index contributed by atoms with van der Waals surface area (Å²) in [6, 6.07) is 4.65. The first-order valence-corrected chi connectivity index (χ1v) is 6.91. The predicted octanol–water partition coefficient (Wildman–Crippen LogP) is 3.00. The molecular weight excluding hydrogens is 224 g/mol. The zero-order chi connectivity index (χ0) is 13.0. The molecule has 1 heterocycles. The highest BCUT2D eigenvalue weighted by Crippen LogP contribution is 2.28. The predicted molar refractivity (Wildman–Crippen MR) is 73.6 cm³/mol. The second-order valence-corrected chi connectivity index (χ2v) is 5.59. The van der Waals surface area contributed by atoms with E-state index in [-0.39, 0.29) is 0 Å². The minimum Gasteiger partial charge on any atom is -0.481 e. The third kappa shape index (κ3) is 3.45. The highest BCUT2D eigenvalue weighted by atomic mass is 16.5. The van der Waals surface area contributed by atoms with Gasteiger partial charge in [-0.2, -0.15) is 0 Å². The molecule has 0 aromatic carbocycles. The summed E-state index contributed by atoms with van der Waals surface area (Å²) >= 11 is 0. The molecule has 1 fully saturated rings. The quantitative estimate of drug-likeness (QED) is 0.889. The van der Waals surface area contributed by atoms with E-state index in [1.165, 1.54) is 24.8 Å². The van der Waals surface area contributed by atoms with Crippen LogP contribution in [0.15, 0.2) is 18.3 Å². The van der Waals surface area contributed by atoms with E-state index < -0.39 is 0 Å². The average Bonchev–Trinajstić information content (AvgIpc) is 2.38. The molecule has 0 radical (unpaired) electrons. The third-order valence-corrected chi connectivity index (χ3v) is 4.01. The fourth-order valence-electron chi connectivity index (χ4n) is 2.85. The van der Waals surface area contributed by atoms with Gasteiger partial charge in [0.05, 0.1) is 7.11 Å². The van der Waals surface area contributed by atoms with E-state index in [0.29, 0.717) is 11.9 Å². The Balaban J connectivity index is 1.83. The lowest BCUT2D eigenvalue weighted by atomic mass is 9.80. The van der Waals surface area contributed by atoms with Crippen LogP contribution in [0.2, 0.25) is 0 Å². The molecule has 18 heavy (non-hydrogen) atoms. The monoisotopic (exact) mass is 248 g/mol. The molecule has 1 aliphatic carbocycles. The van der Waals surface area contributed by atoms with Crippen LogP contribution >= 0.6 is 0 Å². The van der Waals surface area contributed by atoms with Gasteiger partial charge in [-0.25, -0.2) is 4.98 Å². The summed E-state index contributed by atoms with van der Waals surface area (Å²) in [6.07, 6.45) is 5.88. The number of rotatable bonds is 4. The Labute approximate surface area is 110 Å².